The van der Waals surface area contributed by atoms with E-state index >= 15 is 0 Å². The lowest BCUT2D eigenvalue weighted by atomic mass is 10.0. The molecule has 0 aliphatic heterocycles. The quantitative estimate of drug-likeness (QED) is 0.366. The molecule has 0 aliphatic rings. The Morgan fingerprint density at radius 3 is 2.43 bits per heavy atom. The van der Waals surface area contributed by atoms with Crippen LogP contribution < -0.4 is 5.56 Å². The standard InChI is InChI=1S/C20H14FN3O2S2/c1-24-19(26)18-16(10-22-24)23-20(28-18)27-11-12-2-4-13(5-3-12)17(25)14-6-8-15(21)9-7-14/h2-10H,11H2,1H3. The Balaban J connectivity index is 1.46. The summed E-state index contributed by atoms with van der Waals surface area (Å²) in [5.74, 6) is 0.152. The summed E-state index contributed by atoms with van der Waals surface area (Å²) < 4.78 is 15.7. The molecule has 0 amide bonds. The van der Waals surface area contributed by atoms with E-state index in [0.717, 1.165) is 9.90 Å². The van der Waals surface area contributed by atoms with E-state index in [4.69, 9.17) is 0 Å². The fourth-order valence-electron chi connectivity index (χ4n) is 2.62. The fraction of sp³-hybridized carbons (Fsp3) is 0.100. The lowest BCUT2D eigenvalue weighted by Gasteiger charge is -2.03. The Kier molecular flexibility index (Phi) is 5.06. The van der Waals surface area contributed by atoms with Crippen molar-refractivity contribution in [3.63, 3.8) is 0 Å². The van der Waals surface area contributed by atoms with E-state index in [1.807, 2.05) is 12.1 Å². The average molecular weight is 411 g/mol. The van der Waals surface area contributed by atoms with Gasteiger partial charge in [-0.2, -0.15) is 5.10 Å². The highest BCUT2D eigenvalue weighted by Crippen LogP contribution is 2.29. The zero-order valence-electron chi connectivity index (χ0n) is 14.8. The third-order valence-electron chi connectivity index (χ3n) is 4.16. The van der Waals surface area contributed by atoms with Crippen LogP contribution in [0, 0.1) is 5.82 Å². The maximum absolute atomic E-state index is 13.0. The van der Waals surface area contributed by atoms with Crippen LogP contribution in [0.2, 0.25) is 0 Å². The SMILES string of the molecule is Cn1ncc2nc(SCc3ccc(C(=O)c4ccc(F)cc4)cc3)sc2c1=O. The highest BCUT2D eigenvalue weighted by molar-refractivity contribution is 8.00. The number of aromatic nitrogens is 3. The second-order valence-corrected chi connectivity index (χ2v) is 8.31. The zero-order chi connectivity index (χ0) is 19.7. The molecular weight excluding hydrogens is 397 g/mol. The normalized spacial score (nSPS) is 11.1. The molecule has 2 heterocycles. The Labute approximate surface area is 167 Å². The minimum atomic E-state index is -0.368. The van der Waals surface area contributed by atoms with Crippen LogP contribution in [0.5, 0.6) is 0 Å². The molecule has 0 saturated carbocycles. The topological polar surface area (TPSA) is 64.8 Å². The van der Waals surface area contributed by atoms with Gasteiger partial charge in [-0.15, -0.1) is 11.3 Å². The number of benzene rings is 2. The van der Waals surface area contributed by atoms with Crippen molar-refractivity contribution in [1.82, 2.24) is 14.8 Å². The Hall–Kier alpha value is -2.84. The zero-order valence-corrected chi connectivity index (χ0v) is 16.4. The number of fused-ring (bicyclic) bond motifs is 1. The van der Waals surface area contributed by atoms with E-state index in [0.29, 0.717) is 27.1 Å². The van der Waals surface area contributed by atoms with Gasteiger partial charge in [0, 0.05) is 23.9 Å². The monoisotopic (exact) mass is 411 g/mol. The molecule has 0 saturated heterocycles. The van der Waals surface area contributed by atoms with Crippen LogP contribution >= 0.6 is 23.1 Å². The number of nitrogens with zero attached hydrogens (tertiary/aromatic N) is 3. The van der Waals surface area contributed by atoms with Crippen LogP contribution in [0.3, 0.4) is 0 Å². The molecule has 28 heavy (non-hydrogen) atoms. The number of carbonyl (C=O) groups excluding carboxylic acids is 1. The number of hydrogen-bond donors (Lipinski definition) is 0. The van der Waals surface area contributed by atoms with E-state index in [1.165, 1.54) is 52.0 Å². The van der Waals surface area contributed by atoms with Gasteiger partial charge in [0.25, 0.3) is 5.56 Å². The van der Waals surface area contributed by atoms with E-state index in [2.05, 4.69) is 10.1 Å². The van der Waals surface area contributed by atoms with Crippen LogP contribution in [0.1, 0.15) is 21.5 Å². The van der Waals surface area contributed by atoms with Gasteiger partial charge in [-0.25, -0.2) is 14.1 Å². The van der Waals surface area contributed by atoms with Gasteiger partial charge in [0.2, 0.25) is 0 Å². The maximum Gasteiger partial charge on any atom is 0.286 e. The van der Waals surface area contributed by atoms with Crippen LogP contribution in [0.15, 0.2) is 63.9 Å². The molecule has 140 valence electrons. The smallest absolute Gasteiger partial charge is 0.286 e. The number of thiazole rings is 1. The molecular formula is C20H14FN3O2S2. The third-order valence-corrected chi connectivity index (χ3v) is 6.43. The highest BCUT2D eigenvalue weighted by Gasteiger charge is 2.11. The van der Waals surface area contributed by atoms with Crippen LogP contribution in [0.25, 0.3) is 10.2 Å². The molecule has 4 rings (SSSR count). The summed E-state index contributed by atoms with van der Waals surface area (Å²) in [6.45, 7) is 0. The molecule has 0 aliphatic carbocycles. The minimum Gasteiger partial charge on any atom is -0.289 e. The first-order valence-corrected chi connectivity index (χ1v) is 10.2. The summed E-state index contributed by atoms with van der Waals surface area (Å²) in [5, 5.41) is 3.98. The number of thioether (sulfide) groups is 1. The fourth-order valence-corrected chi connectivity index (χ4v) is 4.67. The van der Waals surface area contributed by atoms with Crippen LogP contribution in [-0.2, 0) is 12.8 Å². The average Bonchev–Trinajstić information content (AvgIpc) is 3.14. The number of ketones is 1. The lowest BCUT2D eigenvalue weighted by Crippen LogP contribution is -2.17. The van der Waals surface area contributed by atoms with Crippen LogP contribution in [-0.4, -0.2) is 20.5 Å². The van der Waals surface area contributed by atoms with Gasteiger partial charge in [0.1, 0.15) is 16.0 Å². The summed E-state index contributed by atoms with van der Waals surface area (Å²) in [6.07, 6.45) is 1.59. The minimum absolute atomic E-state index is 0.145. The summed E-state index contributed by atoms with van der Waals surface area (Å²) in [7, 11) is 1.61. The van der Waals surface area contributed by atoms with Gasteiger partial charge in [-0.3, -0.25) is 9.59 Å². The molecule has 5 nitrogen and oxygen atoms in total. The van der Waals surface area contributed by atoms with Gasteiger partial charge in [-0.05, 0) is 29.8 Å². The van der Waals surface area contributed by atoms with Crippen molar-refractivity contribution in [2.75, 3.05) is 0 Å². The van der Waals surface area contributed by atoms with Crippen molar-refractivity contribution >= 4 is 39.1 Å². The molecule has 0 radical (unpaired) electrons. The summed E-state index contributed by atoms with van der Waals surface area (Å²) >= 11 is 2.89. The summed E-state index contributed by atoms with van der Waals surface area (Å²) in [6, 6.07) is 12.8. The number of carbonyl (C=O) groups is 1. The van der Waals surface area contributed by atoms with E-state index in [-0.39, 0.29) is 17.2 Å². The number of aryl methyl sites for hydroxylation is 1. The highest BCUT2D eigenvalue weighted by atomic mass is 32.2. The molecule has 0 fully saturated rings. The van der Waals surface area contributed by atoms with Gasteiger partial charge in [-0.1, -0.05) is 36.0 Å². The Morgan fingerprint density at radius 2 is 1.75 bits per heavy atom. The van der Waals surface area contributed by atoms with E-state index in [9.17, 15) is 14.0 Å². The van der Waals surface area contributed by atoms with Crippen molar-refractivity contribution in [1.29, 1.82) is 0 Å². The first kappa shape index (κ1) is 18.5. The molecule has 4 aromatic rings. The van der Waals surface area contributed by atoms with Crippen molar-refractivity contribution in [2.45, 2.75) is 10.1 Å². The van der Waals surface area contributed by atoms with Crippen molar-refractivity contribution in [3.8, 4) is 0 Å². The van der Waals surface area contributed by atoms with E-state index in [1.54, 1.807) is 25.4 Å². The first-order chi connectivity index (χ1) is 13.5. The summed E-state index contributed by atoms with van der Waals surface area (Å²) in [5.41, 5.74) is 2.50. The van der Waals surface area contributed by atoms with Gasteiger partial charge < -0.3 is 0 Å². The number of halogens is 1. The largest absolute Gasteiger partial charge is 0.289 e. The summed E-state index contributed by atoms with van der Waals surface area (Å²) in [4.78, 5) is 28.9. The van der Waals surface area contributed by atoms with Crippen molar-refractivity contribution in [3.05, 3.63) is 87.6 Å². The predicted octanol–water partition coefficient (Wildman–Crippen LogP) is 4.05. The van der Waals surface area contributed by atoms with Crippen LogP contribution in [0.4, 0.5) is 4.39 Å². The number of rotatable bonds is 5. The molecule has 0 bridgehead atoms. The maximum atomic E-state index is 13.0. The second-order valence-electron chi connectivity index (χ2n) is 6.09. The molecule has 0 spiro atoms. The second kappa shape index (κ2) is 7.65. The predicted molar refractivity (Wildman–Crippen MR) is 108 cm³/mol. The van der Waals surface area contributed by atoms with Gasteiger partial charge in [0.15, 0.2) is 10.1 Å². The first-order valence-electron chi connectivity index (χ1n) is 8.36. The lowest BCUT2D eigenvalue weighted by molar-refractivity contribution is 0.103. The van der Waals surface area contributed by atoms with Crippen molar-refractivity contribution in [2.24, 2.45) is 7.05 Å². The Morgan fingerprint density at radius 1 is 1.11 bits per heavy atom. The number of hydrogen-bond acceptors (Lipinski definition) is 6. The molecule has 0 N–H and O–H groups in total. The molecule has 0 unspecified atom stereocenters. The molecule has 8 heteroatoms. The molecule has 2 aromatic heterocycles. The third kappa shape index (κ3) is 3.74. The van der Waals surface area contributed by atoms with Gasteiger partial charge in [0.05, 0.1) is 6.20 Å². The van der Waals surface area contributed by atoms with E-state index < -0.39 is 0 Å². The molecule has 2 aromatic carbocycles. The Bertz CT molecular complexity index is 1220. The van der Waals surface area contributed by atoms with Gasteiger partial charge >= 0.3 is 0 Å². The molecule has 0 atom stereocenters. The van der Waals surface area contributed by atoms with Crippen molar-refractivity contribution < 1.29 is 9.18 Å².